The monoisotopic (exact) mass is 465 g/mol. The largest absolute Gasteiger partial charge is 0.299 e. The normalized spacial score (nSPS) is 12.2. The SMILES string of the molecule is O=c1c(N=Nc2ccc([N+](=O)[O-])cc2)c(C(S)c2ccc(Cl)cc2)[nH]n1-c1ccccc1. The summed E-state index contributed by atoms with van der Waals surface area (Å²) in [4.78, 5) is 23.5. The van der Waals surface area contributed by atoms with Crippen molar-refractivity contribution in [1.82, 2.24) is 9.78 Å². The highest BCUT2D eigenvalue weighted by molar-refractivity contribution is 7.80. The second-order valence-electron chi connectivity index (χ2n) is 6.78. The molecule has 0 spiro atoms. The molecular formula is C22H16ClN5O3S. The number of nitro benzene ring substituents is 1. The minimum atomic E-state index is -0.504. The fourth-order valence-corrected chi connectivity index (χ4v) is 3.53. The summed E-state index contributed by atoms with van der Waals surface area (Å²) in [5.74, 6) is 0. The van der Waals surface area contributed by atoms with Gasteiger partial charge in [-0.3, -0.25) is 20.0 Å². The average molecular weight is 466 g/mol. The zero-order valence-corrected chi connectivity index (χ0v) is 18.1. The smallest absolute Gasteiger partial charge is 0.291 e. The molecule has 0 saturated heterocycles. The summed E-state index contributed by atoms with van der Waals surface area (Å²) in [6.45, 7) is 0. The van der Waals surface area contributed by atoms with E-state index >= 15 is 0 Å². The van der Waals surface area contributed by atoms with E-state index in [0.29, 0.717) is 22.1 Å². The molecule has 0 aliphatic rings. The first kappa shape index (κ1) is 21.5. The number of nitrogens with one attached hydrogen (secondary N) is 1. The number of non-ortho nitro benzene ring substituents is 1. The van der Waals surface area contributed by atoms with E-state index in [1.165, 1.54) is 28.9 Å². The van der Waals surface area contributed by atoms with Crippen molar-refractivity contribution >= 4 is 41.3 Å². The number of para-hydroxylation sites is 1. The quantitative estimate of drug-likeness (QED) is 0.154. The molecule has 32 heavy (non-hydrogen) atoms. The van der Waals surface area contributed by atoms with Gasteiger partial charge in [0, 0.05) is 17.2 Å². The molecule has 0 fully saturated rings. The average Bonchev–Trinajstić information content (AvgIpc) is 3.14. The van der Waals surface area contributed by atoms with Crippen molar-refractivity contribution in [2.24, 2.45) is 10.2 Å². The van der Waals surface area contributed by atoms with Crippen molar-refractivity contribution in [3.05, 3.63) is 116 Å². The van der Waals surface area contributed by atoms with E-state index in [-0.39, 0.29) is 11.4 Å². The zero-order valence-electron chi connectivity index (χ0n) is 16.4. The topological polar surface area (TPSA) is 106 Å². The maximum Gasteiger partial charge on any atom is 0.299 e. The summed E-state index contributed by atoms with van der Waals surface area (Å²) >= 11 is 10.7. The third-order valence-electron chi connectivity index (χ3n) is 4.69. The van der Waals surface area contributed by atoms with Gasteiger partial charge in [-0.1, -0.05) is 41.9 Å². The Balaban J connectivity index is 1.78. The maximum atomic E-state index is 13.2. The number of aromatic amines is 1. The van der Waals surface area contributed by atoms with Crippen LogP contribution in [0.4, 0.5) is 17.1 Å². The first-order valence-corrected chi connectivity index (χ1v) is 10.3. The minimum Gasteiger partial charge on any atom is -0.291 e. The highest BCUT2D eigenvalue weighted by Gasteiger charge is 2.22. The van der Waals surface area contributed by atoms with Gasteiger partial charge in [0.2, 0.25) is 0 Å². The van der Waals surface area contributed by atoms with Crippen LogP contribution in [0.2, 0.25) is 5.02 Å². The van der Waals surface area contributed by atoms with E-state index in [2.05, 4.69) is 15.3 Å². The number of hydrogen-bond donors (Lipinski definition) is 2. The molecule has 0 saturated carbocycles. The molecule has 0 aliphatic heterocycles. The van der Waals surface area contributed by atoms with E-state index in [4.69, 9.17) is 24.2 Å². The Morgan fingerprint density at radius 3 is 2.25 bits per heavy atom. The van der Waals surface area contributed by atoms with E-state index in [1.807, 2.05) is 30.3 Å². The second kappa shape index (κ2) is 9.21. The predicted molar refractivity (Wildman–Crippen MR) is 126 cm³/mol. The number of benzene rings is 3. The molecular weight excluding hydrogens is 450 g/mol. The Labute approximate surface area is 192 Å². The Bertz CT molecular complexity index is 1330. The number of halogens is 1. The van der Waals surface area contributed by atoms with Crippen molar-refractivity contribution in [2.75, 3.05) is 0 Å². The van der Waals surface area contributed by atoms with Crippen LogP contribution in [0, 0.1) is 10.1 Å². The molecule has 160 valence electrons. The lowest BCUT2D eigenvalue weighted by atomic mass is 10.1. The second-order valence-corrected chi connectivity index (χ2v) is 7.73. The highest BCUT2D eigenvalue weighted by atomic mass is 35.5. The lowest BCUT2D eigenvalue weighted by Gasteiger charge is -2.10. The van der Waals surface area contributed by atoms with Gasteiger partial charge in [-0.15, -0.1) is 5.11 Å². The molecule has 0 bridgehead atoms. The van der Waals surface area contributed by atoms with Crippen LogP contribution in [0.5, 0.6) is 0 Å². The van der Waals surface area contributed by atoms with Gasteiger partial charge in [-0.2, -0.15) is 17.7 Å². The molecule has 1 unspecified atom stereocenters. The van der Waals surface area contributed by atoms with Crippen LogP contribution in [0.1, 0.15) is 16.5 Å². The van der Waals surface area contributed by atoms with Crippen molar-refractivity contribution < 1.29 is 4.92 Å². The summed E-state index contributed by atoms with van der Waals surface area (Å²) in [5.41, 5.74) is 1.90. The highest BCUT2D eigenvalue weighted by Crippen LogP contribution is 2.33. The third-order valence-corrected chi connectivity index (χ3v) is 5.50. The third kappa shape index (κ3) is 4.48. The molecule has 1 N–H and O–H groups in total. The number of hydrogen-bond acceptors (Lipinski definition) is 6. The van der Waals surface area contributed by atoms with Crippen molar-refractivity contribution in [3.63, 3.8) is 0 Å². The molecule has 8 nitrogen and oxygen atoms in total. The van der Waals surface area contributed by atoms with E-state index < -0.39 is 15.7 Å². The molecule has 1 atom stereocenters. The Morgan fingerprint density at radius 1 is 0.969 bits per heavy atom. The number of thiol groups is 1. The van der Waals surface area contributed by atoms with Crippen LogP contribution in [0.25, 0.3) is 5.69 Å². The number of nitro groups is 1. The van der Waals surface area contributed by atoms with Gasteiger partial charge >= 0.3 is 0 Å². The van der Waals surface area contributed by atoms with Crippen molar-refractivity contribution in [1.29, 1.82) is 0 Å². The number of H-pyrrole nitrogens is 1. The molecule has 1 heterocycles. The Hall–Kier alpha value is -3.69. The van der Waals surface area contributed by atoms with Gasteiger partial charge < -0.3 is 0 Å². The van der Waals surface area contributed by atoms with Gasteiger partial charge in [0.15, 0.2) is 5.69 Å². The van der Waals surface area contributed by atoms with Gasteiger partial charge in [0.05, 0.1) is 27.2 Å². The van der Waals surface area contributed by atoms with Crippen molar-refractivity contribution in [2.45, 2.75) is 5.25 Å². The van der Waals surface area contributed by atoms with Gasteiger partial charge in [-0.25, -0.2) is 4.68 Å². The lowest BCUT2D eigenvalue weighted by molar-refractivity contribution is -0.384. The van der Waals surface area contributed by atoms with Crippen LogP contribution in [0.15, 0.2) is 93.9 Å². The molecule has 10 heteroatoms. The van der Waals surface area contributed by atoms with Crippen LogP contribution in [0.3, 0.4) is 0 Å². The summed E-state index contributed by atoms with van der Waals surface area (Å²) in [7, 11) is 0. The summed E-state index contributed by atoms with van der Waals surface area (Å²) in [5, 5.41) is 22.3. The molecule has 0 radical (unpaired) electrons. The Morgan fingerprint density at radius 2 is 1.62 bits per heavy atom. The predicted octanol–water partition coefficient (Wildman–Crippen LogP) is 6.16. The van der Waals surface area contributed by atoms with Crippen LogP contribution in [-0.2, 0) is 0 Å². The first-order valence-electron chi connectivity index (χ1n) is 9.44. The Kier molecular flexibility index (Phi) is 6.20. The molecule has 4 rings (SSSR count). The first-order chi connectivity index (χ1) is 15.4. The molecule has 1 aromatic heterocycles. The summed E-state index contributed by atoms with van der Waals surface area (Å²) in [6.07, 6.45) is 0. The number of aromatic nitrogens is 2. The number of azo groups is 1. The summed E-state index contributed by atoms with van der Waals surface area (Å²) < 4.78 is 1.37. The summed E-state index contributed by atoms with van der Waals surface area (Å²) in [6, 6.07) is 21.7. The van der Waals surface area contributed by atoms with Crippen LogP contribution in [-0.4, -0.2) is 14.7 Å². The van der Waals surface area contributed by atoms with Gasteiger partial charge in [0.25, 0.3) is 11.2 Å². The number of nitrogens with zero attached hydrogens (tertiary/aromatic N) is 4. The van der Waals surface area contributed by atoms with Gasteiger partial charge in [-0.05, 0) is 42.0 Å². The minimum absolute atomic E-state index is 0.0594. The molecule has 3 aromatic carbocycles. The fourth-order valence-electron chi connectivity index (χ4n) is 3.05. The van der Waals surface area contributed by atoms with E-state index in [9.17, 15) is 14.9 Å². The standard InChI is InChI=1S/C22H16ClN5O3S/c23-15-8-6-14(7-9-15)21(32)19-20(22(29)27(26-19)17-4-2-1-3-5-17)25-24-16-10-12-18(13-11-16)28(30)31/h1-13,21,26,32H. The molecule has 4 aromatic rings. The molecule has 0 aliphatic carbocycles. The van der Waals surface area contributed by atoms with Crippen LogP contribution < -0.4 is 5.56 Å². The zero-order chi connectivity index (χ0) is 22.7. The molecule has 0 amide bonds. The lowest BCUT2D eigenvalue weighted by Crippen LogP contribution is -2.13. The van der Waals surface area contributed by atoms with Crippen molar-refractivity contribution in [3.8, 4) is 5.69 Å². The van der Waals surface area contributed by atoms with E-state index in [1.54, 1.807) is 24.3 Å². The van der Waals surface area contributed by atoms with Crippen LogP contribution >= 0.6 is 24.2 Å². The van der Waals surface area contributed by atoms with Gasteiger partial charge in [0.1, 0.15) is 0 Å². The van der Waals surface area contributed by atoms with E-state index in [0.717, 1.165) is 5.56 Å². The maximum absolute atomic E-state index is 13.2. The fraction of sp³-hybridized carbons (Fsp3) is 0.0455. The number of rotatable bonds is 6.